The Kier molecular flexibility index (Phi) is 4.29. The second-order valence-corrected chi connectivity index (χ2v) is 4.11. The van der Waals surface area contributed by atoms with Crippen LogP contribution in [0.3, 0.4) is 0 Å². The maximum absolute atomic E-state index is 12.2. The highest BCUT2D eigenvalue weighted by atomic mass is 19.3. The van der Waals surface area contributed by atoms with E-state index in [-0.39, 0.29) is 12.1 Å². The second-order valence-electron chi connectivity index (χ2n) is 4.11. The Morgan fingerprint density at radius 2 is 2.20 bits per heavy atom. The van der Waals surface area contributed by atoms with Crippen LogP contribution in [0.15, 0.2) is 0 Å². The number of hydrogen-bond acceptors (Lipinski definition) is 1. The number of urea groups is 1. The quantitative estimate of drug-likeness (QED) is 0.756. The van der Waals surface area contributed by atoms with Crippen molar-refractivity contribution in [2.24, 2.45) is 5.92 Å². The van der Waals surface area contributed by atoms with Gasteiger partial charge in [0.1, 0.15) is 0 Å². The number of rotatable bonds is 5. The lowest BCUT2D eigenvalue weighted by molar-refractivity contribution is 0.0981. The SMILES string of the molecule is CCCN(CC(F)F)C(=O)N[C@H]1C[C@H]1C. The first kappa shape index (κ1) is 12.2. The van der Waals surface area contributed by atoms with Crippen LogP contribution in [-0.4, -0.2) is 36.5 Å². The molecule has 15 heavy (non-hydrogen) atoms. The Morgan fingerprint density at radius 1 is 1.60 bits per heavy atom. The molecular weight excluding hydrogens is 202 g/mol. The van der Waals surface area contributed by atoms with E-state index in [9.17, 15) is 13.6 Å². The summed E-state index contributed by atoms with van der Waals surface area (Å²) in [6, 6.07) is -0.166. The van der Waals surface area contributed by atoms with Gasteiger partial charge in [0.25, 0.3) is 6.43 Å². The van der Waals surface area contributed by atoms with Gasteiger partial charge in [-0.3, -0.25) is 0 Å². The summed E-state index contributed by atoms with van der Waals surface area (Å²) < 4.78 is 24.4. The largest absolute Gasteiger partial charge is 0.335 e. The zero-order valence-corrected chi connectivity index (χ0v) is 9.17. The maximum atomic E-state index is 12.2. The summed E-state index contributed by atoms with van der Waals surface area (Å²) in [5.74, 6) is 0.490. The topological polar surface area (TPSA) is 32.3 Å². The van der Waals surface area contributed by atoms with Gasteiger partial charge in [0.2, 0.25) is 0 Å². The van der Waals surface area contributed by atoms with Crippen LogP contribution >= 0.6 is 0 Å². The third-order valence-corrected chi connectivity index (χ3v) is 2.56. The molecule has 0 aliphatic heterocycles. The molecule has 2 atom stereocenters. The molecular formula is C10H18F2N2O. The van der Waals surface area contributed by atoms with Crippen molar-refractivity contribution >= 4 is 6.03 Å². The van der Waals surface area contributed by atoms with Gasteiger partial charge in [-0.2, -0.15) is 0 Å². The van der Waals surface area contributed by atoms with E-state index < -0.39 is 13.0 Å². The van der Waals surface area contributed by atoms with Crippen LogP contribution in [0.4, 0.5) is 13.6 Å². The summed E-state index contributed by atoms with van der Waals surface area (Å²) in [6.07, 6.45) is -0.806. The first-order chi connectivity index (χ1) is 7.04. The zero-order chi connectivity index (χ0) is 11.4. The van der Waals surface area contributed by atoms with Gasteiger partial charge in [-0.15, -0.1) is 0 Å². The normalized spacial score (nSPS) is 24.1. The Hall–Kier alpha value is -0.870. The Morgan fingerprint density at radius 3 is 2.60 bits per heavy atom. The highest BCUT2D eigenvalue weighted by Crippen LogP contribution is 2.29. The summed E-state index contributed by atoms with van der Waals surface area (Å²) in [5.41, 5.74) is 0. The minimum atomic E-state index is -2.46. The number of carbonyl (C=O) groups is 1. The van der Waals surface area contributed by atoms with Crippen molar-refractivity contribution in [2.75, 3.05) is 13.1 Å². The van der Waals surface area contributed by atoms with Crippen LogP contribution in [0.2, 0.25) is 0 Å². The van der Waals surface area contributed by atoms with Gasteiger partial charge < -0.3 is 10.2 Å². The molecule has 1 aliphatic rings. The highest BCUT2D eigenvalue weighted by molar-refractivity contribution is 5.74. The second kappa shape index (κ2) is 5.28. The fraction of sp³-hybridized carbons (Fsp3) is 0.900. The number of carbonyl (C=O) groups excluding carboxylic acids is 1. The molecule has 1 aliphatic carbocycles. The molecule has 0 bridgehead atoms. The standard InChI is InChI=1S/C10H18F2N2O/c1-3-4-14(6-9(11)12)10(15)13-8-5-7(8)2/h7-9H,3-6H2,1-2H3,(H,13,15)/t7-,8+/m1/s1. The molecule has 0 unspecified atom stereocenters. The average Bonchev–Trinajstić information content (AvgIpc) is 2.80. The summed E-state index contributed by atoms with van der Waals surface area (Å²) in [5, 5.41) is 2.75. The molecule has 1 rings (SSSR count). The van der Waals surface area contributed by atoms with E-state index in [1.54, 1.807) is 0 Å². The van der Waals surface area contributed by atoms with Gasteiger partial charge in [-0.05, 0) is 18.8 Å². The molecule has 3 nitrogen and oxygen atoms in total. The fourth-order valence-electron chi connectivity index (χ4n) is 1.49. The van der Waals surface area contributed by atoms with Crippen LogP contribution in [0.1, 0.15) is 26.7 Å². The monoisotopic (exact) mass is 220 g/mol. The molecule has 1 saturated carbocycles. The number of nitrogens with zero attached hydrogens (tertiary/aromatic N) is 1. The van der Waals surface area contributed by atoms with Crippen LogP contribution < -0.4 is 5.32 Å². The predicted molar refractivity (Wildman–Crippen MR) is 54.0 cm³/mol. The number of halogens is 2. The van der Waals surface area contributed by atoms with E-state index in [4.69, 9.17) is 0 Å². The van der Waals surface area contributed by atoms with Gasteiger partial charge in [-0.25, -0.2) is 13.6 Å². The van der Waals surface area contributed by atoms with E-state index in [0.717, 1.165) is 6.42 Å². The van der Waals surface area contributed by atoms with Crippen molar-refractivity contribution in [3.8, 4) is 0 Å². The zero-order valence-electron chi connectivity index (χ0n) is 9.17. The molecule has 5 heteroatoms. The Bertz CT molecular complexity index is 223. The van der Waals surface area contributed by atoms with Gasteiger partial charge in [0.05, 0.1) is 6.54 Å². The van der Waals surface area contributed by atoms with Crippen molar-refractivity contribution in [3.63, 3.8) is 0 Å². The highest BCUT2D eigenvalue weighted by Gasteiger charge is 2.35. The van der Waals surface area contributed by atoms with E-state index in [0.29, 0.717) is 18.9 Å². The minimum absolute atomic E-state index is 0.189. The van der Waals surface area contributed by atoms with Gasteiger partial charge in [0, 0.05) is 12.6 Å². The number of nitrogens with one attached hydrogen (secondary N) is 1. The molecule has 0 aromatic carbocycles. The summed E-state index contributed by atoms with van der Waals surface area (Å²) in [4.78, 5) is 12.7. The molecule has 0 spiro atoms. The van der Waals surface area contributed by atoms with Crippen molar-refractivity contribution in [2.45, 2.75) is 39.2 Å². The number of amides is 2. The van der Waals surface area contributed by atoms with Crippen LogP contribution in [0.5, 0.6) is 0 Å². The van der Waals surface area contributed by atoms with E-state index >= 15 is 0 Å². The van der Waals surface area contributed by atoms with Gasteiger partial charge >= 0.3 is 6.03 Å². The van der Waals surface area contributed by atoms with Gasteiger partial charge in [-0.1, -0.05) is 13.8 Å². The maximum Gasteiger partial charge on any atom is 0.317 e. The van der Waals surface area contributed by atoms with Gasteiger partial charge in [0.15, 0.2) is 0 Å². The molecule has 88 valence electrons. The predicted octanol–water partition coefficient (Wildman–Crippen LogP) is 2.08. The molecule has 1 N–H and O–H groups in total. The molecule has 0 radical (unpaired) electrons. The lowest BCUT2D eigenvalue weighted by Crippen LogP contribution is -2.44. The van der Waals surface area contributed by atoms with Crippen LogP contribution in [-0.2, 0) is 0 Å². The van der Waals surface area contributed by atoms with Crippen LogP contribution in [0, 0.1) is 5.92 Å². The molecule has 0 saturated heterocycles. The van der Waals surface area contributed by atoms with Crippen molar-refractivity contribution < 1.29 is 13.6 Å². The average molecular weight is 220 g/mol. The smallest absolute Gasteiger partial charge is 0.317 e. The third-order valence-electron chi connectivity index (χ3n) is 2.56. The molecule has 1 fully saturated rings. The number of hydrogen-bond donors (Lipinski definition) is 1. The summed E-state index contributed by atoms with van der Waals surface area (Å²) in [7, 11) is 0. The third kappa shape index (κ3) is 4.01. The lowest BCUT2D eigenvalue weighted by atomic mass is 10.4. The first-order valence-corrected chi connectivity index (χ1v) is 5.38. The summed E-state index contributed by atoms with van der Waals surface area (Å²) >= 11 is 0. The lowest BCUT2D eigenvalue weighted by Gasteiger charge is -2.22. The van der Waals surface area contributed by atoms with Crippen molar-refractivity contribution in [1.29, 1.82) is 0 Å². The van der Waals surface area contributed by atoms with Crippen molar-refractivity contribution in [1.82, 2.24) is 10.2 Å². The molecule has 2 amide bonds. The number of alkyl halides is 2. The first-order valence-electron chi connectivity index (χ1n) is 5.38. The fourth-order valence-corrected chi connectivity index (χ4v) is 1.49. The Balaban J connectivity index is 2.36. The van der Waals surface area contributed by atoms with E-state index in [2.05, 4.69) is 5.32 Å². The van der Waals surface area contributed by atoms with Crippen molar-refractivity contribution in [3.05, 3.63) is 0 Å². The Labute approximate surface area is 88.8 Å². The van der Waals surface area contributed by atoms with E-state index in [1.165, 1.54) is 4.90 Å². The van der Waals surface area contributed by atoms with Crippen LogP contribution in [0.25, 0.3) is 0 Å². The van der Waals surface area contributed by atoms with E-state index in [1.807, 2.05) is 13.8 Å². The molecule has 0 aromatic heterocycles. The minimum Gasteiger partial charge on any atom is -0.335 e. The molecule has 0 aromatic rings. The molecule has 0 heterocycles. The summed E-state index contributed by atoms with van der Waals surface area (Å²) in [6.45, 7) is 3.81.